The third-order valence-corrected chi connectivity index (χ3v) is 6.95. The average Bonchev–Trinajstić information content (AvgIpc) is 3.23. The number of nitrogens with zero attached hydrogens (tertiary/aromatic N) is 2. The molecule has 0 spiro atoms. The first-order valence-corrected chi connectivity index (χ1v) is 11.0. The largest absolute Gasteiger partial charge is 0.348 e. The SMILES string of the molecule is CC(=O)N1CCN(C(C(=O)NC2CCCc3ccccc32)C2CCCC2)CC1. The van der Waals surface area contributed by atoms with Crippen LogP contribution in [-0.4, -0.2) is 53.8 Å². The van der Waals surface area contributed by atoms with Crippen LogP contribution in [0.4, 0.5) is 0 Å². The van der Waals surface area contributed by atoms with Gasteiger partial charge >= 0.3 is 0 Å². The normalized spacial score (nSPS) is 24.6. The quantitative estimate of drug-likeness (QED) is 0.870. The maximum absolute atomic E-state index is 13.5. The number of carbonyl (C=O) groups is 2. The molecule has 1 heterocycles. The lowest BCUT2D eigenvalue weighted by atomic mass is 9.87. The molecule has 1 N–H and O–H groups in total. The van der Waals surface area contributed by atoms with Crippen molar-refractivity contribution >= 4 is 11.8 Å². The Kier molecular flexibility index (Phi) is 6.00. The standard InChI is InChI=1S/C23H33N3O2/c1-17(27)25-13-15-26(16-14-25)22(19-8-2-3-9-19)23(28)24-21-12-6-10-18-7-4-5-11-20(18)21/h4-5,7,11,19,21-22H,2-3,6,8-10,12-16H2,1H3,(H,24,28). The molecule has 2 unspecified atom stereocenters. The van der Waals surface area contributed by atoms with E-state index in [1.165, 1.54) is 24.0 Å². The lowest BCUT2D eigenvalue weighted by Gasteiger charge is -2.41. The maximum atomic E-state index is 13.5. The van der Waals surface area contributed by atoms with Gasteiger partial charge in [-0.3, -0.25) is 14.5 Å². The number of hydrogen-bond acceptors (Lipinski definition) is 3. The number of aryl methyl sites for hydroxylation is 1. The van der Waals surface area contributed by atoms with Crippen LogP contribution in [0.15, 0.2) is 24.3 Å². The Morgan fingerprint density at radius 2 is 1.71 bits per heavy atom. The summed E-state index contributed by atoms with van der Waals surface area (Å²) >= 11 is 0. The van der Waals surface area contributed by atoms with Crippen LogP contribution in [0.3, 0.4) is 0 Å². The highest BCUT2D eigenvalue weighted by molar-refractivity contribution is 5.83. The van der Waals surface area contributed by atoms with Gasteiger partial charge in [0.25, 0.3) is 0 Å². The van der Waals surface area contributed by atoms with Crippen LogP contribution in [-0.2, 0) is 16.0 Å². The highest BCUT2D eigenvalue weighted by atomic mass is 16.2. The van der Waals surface area contributed by atoms with Crippen molar-refractivity contribution in [2.75, 3.05) is 26.2 Å². The molecular weight excluding hydrogens is 350 g/mol. The average molecular weight is 384 g/mol. The summed E-state index contributed by atoms with van der Waals surface area (Å²) in [5, 5.41) is 3.42. The minimum absolute atomic E-state index is 0.0503. The first kappa shape index (κ1) is 19.4. The first-order chi connectivity index (χ1) is 13.6. The molecule has 1 aromatic carbocycles. The molecule has 0 radical (unpaired) electrons. The van der Waals surface area contributed by atoms with Crippen molar-refractivity contribution in [1.29, 1.82) is 0 Å². The molecule has 2 atom stereocenters. The van der Waals surface area contributed by atoms with Gasteiger partial charge in [0, 0.05) is 33.1 Å². The second-order valence-electron chi connectivity index (χ2n) is 8.68. The van der Waals surface area contributed by atoms with Gasteiger partial charge in [0.1, 0.15) is 0 Å². The van der Waals surface area contributed by atoms with Crippen molar-refractivity contribution in [3.63, 3.8) is 0 Å². The Labute approximate surface area is 168 Å². The molecule has 2 aliphatic carbocycles. The van der Waals surface area contributed by atoms with Gasteiger partial charge in [-0.1, -0.05) is 37.1 Å². The third kappa shape index (κ3) is 4.09. The van der Waals surface area contributed by atoms with E-state index >= 15 is 0 Å². The van der Waals surface area contributed by atoms with E-state index in [2.05, 4.69) is 34.5 Å². The molecule has 2 amide bonds. The zero-order valence-electron chi connectivity index (χ0n) is 17.0. The number of nitrogens with one attached hydrogen (secondary N) is 1. The lowest BCUT2D eigenvalue weighted by Crippen LogP contribution is -2.58. The van der Waals surface area contributed by atoms with E-state index in [9.17, 15) is 9.59 Å². The first-order valence-electron chi connectivity index (χ1n) is 11.0. The number of rotatable bonds is 4. The number of carbonyl (C=O) groups excluding carboxylic acids is 2. The molecular formula is C23H33N3O2. The number of hydrogen-bond donors (Lipinski definition) is 1. The summed E-state index contributed by atoms with van der Waals surface area (Å²) in [6, 6.07) is 8.64. The van der Waals surface area contributed by atoms with Gasteiger partial charge in [-0.25, -0.2) is 0 Å². The molecule has 152 valence electrons. The van der Waals surface area contributed by atoms with Crippen molar-refractivity contribution in [2.24, 2.45) is 5.92 Å². The van der Waals surface area contributed by atoms with E-state index in [4.69, 9.17) is 0 Å². The van der Waals surface area contributed by atoms with Crippen LogP contribution in [0.5, 0.6) is 0 Å². The van der Waals surface area contributed by atoms with Crippen molar-refractivity contribution in [3.8, 4) is 0 Å². The summed E-state index contributed by atoms with van der Waals surface area (Å²) in [7, 11) is 0. The third-order valence-electron chi connectivity index (χ3n) is 6.95. The highest BCUT2D eigenvalue weighted by Crippen LogP contribution is 2.33. The summed E-state index contributed by atoms with van der Waals surface area (Å²) < 4.78 is 0. The molecule has 0 aromatic heterocycles. The molecule has 1 aliphatic heterocycles. The van der Waals surface area contributed by atoms with Gasteiger partial charge in [-0.05, 0) is 49.1 Å². The van der Waals surface area contributed by atoms with Crippen LogP contribution in [0, 0.1) is 5.92 Å². The number of amides is 2. The Balaban J connectivity index is 1.48. The molecule has 1 saturated heterocycles. The molecule has 0 bridgehead atoms. The Morgan fingerprint density at radius 1 is 1.00 bits per heavy atom. The summed E-state index contributed by atoms with van der Waals surface area (Å²) in [6.45, 7) is 4.71. The van der Waals surface area contributed by atoms with Crippen LogP contribution in [0.25, 0.3) is 0 Å². The number of fused-ring (bicyclic) bond motifs is 1. The maximum Gasteiger partial charge on any atom is 0.238 e. The van der Waals surface area contributed by atoms with Gasteiger partial charge in [-0.2, -0.15) is 0 Å². The van der Waals surface area contributed by atoms with Crippen molar-refractivity contribution in [1.82, 2.24) is 15.1 Å². The van der Waals surface area contributed by atoms with E-state index in [1.807, 2.05) is 4.90 Å². The summed E-state index contributed by atoms with van der Waals surface area (Å²) in [4.78, 5) is 29.4. The van der Waals surface area contributed by atoms with Crippen LogP contribution >= 0.6 is 0 Å². The van der Waals surface area contributed by atoms with E-state index < -0.39 is 0 Å². The van der Waals surface area contributed by atoms with Crippen LogP contribution in [0.2, 0.25) is 0 Å². The van der Waals surface area contributed by atoms with Crippen molar-refractivity contribution < 1.29 is 9.59 Å². The van der Waals surface area contributed by atoms with Gasteiger partial charge in [-0.15, -0.1) is 0 Å². The van der Waals surface area contributed by atoms with E-state index in [1.54, 1.807) is 6.92 Å². The Morgan fingerprint density at radius 3 is 2.43 bits per heavy atom. The summed E-state index contributed by atoms with van der Waals surface area (Å²) in [5.41, 5.74) is 2.68. The van der Waals surface area contributed by atoms with Crippen LogP contribution in [0.1, 0.15) is 62.6 Å². The van der Waals surface area contributed by atoms with Gasteiger partial charge in [0.15, 0.2) is 0 Å². The fraction of sp³-hybridized carbons (Fsp3) is 0.652. The van der Waals surface area contributed by atoms with Crippen LogP contribution < -0.4 is 5.32 Å². The molecule has 4 rings (SSSR count). The summed E-state index contributed by atoms with van der Waals surface area (Å²) in [6.07, 6.45) is 8.02. The highest BCUT2D eigenvalue weighted by Gasteiger charge is 2.38. The molecule has 1 saturated carbocycles. The Hall–Kier alpha value is -1.88. The zero-order valence-corrected chi connectivity index (χ0v) is 17.0. The van der Waals surface area contributed by atoms with Gasteiger partial charge in [0.2, 0.25) is 11.8 Å². The smallest absolute Gasteiger partial charge is 0.238 e. The van der Waals surface area contributed by atoms with Gasteiger partial charge < -0.3 is 10.2 Å². The molecule has 5 heteroatoms. The second-order valence-corrected chi connectivity index (χ2v) is 8.68. The Bertz CT molecular complexity index is 706. The molecule has 28 heavy (non-hydrogen) atoms. The predicted molar refractivity (Wildman–Crippen MR) is 110 cm³/mol. The summed E-state index contributed by atoms with van der Waals surface area (Å²) in [5.74, 6) is 0.785. The van der Waals surface area contributed by atoms with Crippen molar-refractivity contribution in [2.45, 2.75) is 64.0 Å². The topological polar surface area (TPSA) is 52.7 Å². The predicted octanol–water partition coefficient (Wildman–Crippen LogP) is 2.90. The number of benzene rings is 1. The second kappa shape index (κ2) is 8.64. The molecule has 2 fully saturated rings. The fourth-order valence-electron chi connectivity index (χ4n) is 5.43. The lowest BCUT2D eigenvalue weighted by molar-refractivity contribution is -0.134. The van der Waals surface area contributed by atoms with E-state index in [-0.39, 0.29) is 23.9 Å². The molecule has 3 aliphatic rings. The zero-order chi connectivity index (χ0) is 19.5. The van der Waals surface area contributed by atoms with E-state index in [0.29, 0.717) is 5.92 Å². The minimum atomic E-state index is -0.0503. The van der Waals surface area contributed by atoms with Crippen molar-refractivity contribution in [3.05, 3.63) is 35.4 Å². The fourth-order valence-corrected chi connectivity index (χ4v) is 5.43. The molecule has 1 aromatic rings. The minimum Gasteiger partial charge on any atom is -0.348 e. The van der Waals surface area contributed by atoms with E-state index in [0.717, 1.165) is 58.3 Å². The molecule has 5 nitrogen and oxygen atoms in total. The monoisotopic (exact) mass is 383 g/mol. The number of piperazine rings is 1. The van der Waals surface area contributed by atoms with Gasteiger partial charge in [0.05, 0.1) is 12.1 Å².